The third-order valence-electron chi connectivity index (χ3n) is 8.25. The maximum atomic E-state index is 12.9. The van der Waals surface area contributed by atoms with Crippen molar-refractivity contribution in [2.75, 3.05) is 26.2 Å². The molecule has 2 amide bonds. The molecule has 0 aliphatic carbocycles. The molecule has 1 N–H and O–H groups in total. The van der Waals surface area contributed by atoms with Gasteiger partial charge in [0.25, 0.3) is 10.0 Å². The summed E-state index contributed by atoms with van der Waals surface area (Å²) in [6, 6.07) is 16.1. The van der Waals surface area contributed by atoms with E-state index in [9.17, 15) is 18.0 Å². The summed E-state index contributed by atoms with van der Waals surface area (Å²) < 4.78 is 37.7. The van der Waals surface area contributed by atoms with E-state index in [0.29, 0.717) is 37.7 Å². The minimum Gasteiger partial charge on any atom is -0.444 e. The van der Waals surface area contributed by atoms with Gasteiger partial charge in [-0.1, -0.05) is 18.2 Å². The van der Waals surface area contributed by atoms with E-state index in [0.717, 1.165) is 22.0 Å². The third kappa shape index (κ3) is 7.56. The second kappa shape index (κ2) is 12.8. The molecule has 258 valence electrons. The molecule has 0 atom stereocenters. The van der Waals surface area contributed by atoms with Gasteiger partial charge >= 0.3 is 12.2 Å². The summed E-state index contributed by atoms with van der Waals surface area (Å²) in [5.41, 5.74) is 2.49. The zero-order chi connectivity index (χ0) is 35.1. The van der Waals surface area contributed by atoms with Crippen LogP contribution in [0.4, 0.5) is 9.59 Å². The number of pyridine rings is 2. The van der Waals surface area contributed by atoms with E-state index in [1.807, 2.05) is 66.1 Å². The lowest BCUT2D eigenvalue weighted by atomic mass is 9.93. The predicted molar refractivity (Wildman–Crippen MR) is 186 cm³/mol. The van der Waals surface area contributed by atoms with Crippen molar-refractivity contribution in [3.05, 3.63) is 90.5 Å². The molecule has 0 radical (unpaired) electrons. The molecule has 49 heavy (non-hydrogen) atoms. The van der Waals surface area contributed by atoms with Crippen LogP contribution in [0.25, 0.3) is 22.1 Å². The molecule has 7 rings (SSSR count). The minimum absolute atomic E-state index is 0.161. The van der Waals surface area contributed by atoms with Gasteiger partial charge in [0.1, 0.15) is 16.8 Å². The van der Waals surface area contributed by atoms with Gasteiger partial charge in [0.2, 0.25) is 0 Å². The molecule has 2 aliphatic rings. The Morgan fingerprint density at radius 2 is 1.29 bits per heavy atom. The first kappa shape index (κ1) is 34.0. The number of H-pyrrole nitrogens is 1. The Labute approximate surface area is 286 Å². The lowest BCUT2D eigenvalue weighted by molar-refractivity contribution is 0.00726. The Bertz CT molecular complexity index is 2080. The van der Waals surface area contributed by atoms with Crippen LogP contribution < -0.4 is 0 Å². The third-order valence-corrected chi connectivity index (χ3v) is 9.93. The molecule has 6 heterocycles. The number of carbonyl (C=O) groups excluding carboxylic acids is 2. The van der Waals surface area contributed by atoms with Crippen LogP contribution >= 0.6 is 0 Å². The van der Waals surface area contributed by atoms with Gasteiger partial charge < -0.3 is 24.3 Å². The van der Waals surface area contributed by atoms with Crippen molar-refractivity contribution >= 4 is 44.3 Å². The number of fused-ring (bicyclic) bond motifs is 2. The zero-order valence-electron chi connectivity index (χ0n) is 28.6. The average Bonchev–Trinajstić information content (AvgIpc) is 3.62. The smallest absolute Gasteiger partial charge is 0.410 e. The fraction of sp³-hybridized carbons (Fsp3) is 0.389. The number of aromatic nitrogens is 4. The van der Waals surface area contributed by atoms with E-state index >= 15 is 0 Å². The van der Waals surface area contributed by atoms with E-state index in [4.69, 9.17) is 9.47 Å². The highest BCUT2D eigenvalue weighted by molar-refractivity contribution is 7.90. The van der Waals surface area contributed by atoms with Crippen LogP contribution in [0, 0.1) is 0 Å². The molecule has 1 aromatic carbocycles. The Balaban J connectivity index is 0.000000182. The normalized spacial score (nSPS) is 15.7. The van der Waals surface area contributed by atoms with Crippen molar-refractivity contribution in [3.63, 3.8) is 0 Å². The molecule has 13 heteroatoms. The van der Waals surface area contributed by atoms with Gasteiger partial charge in [-0.15, -0.1) is 0 Å². The Morgan fingerprint density at radius 1 is 0.755 bits per heavy atom. The van der Waals surface area contributed by atoms with Crippen LogP contribution in [0.15, 0.2) is 84.3 Å². The van der Waals surface area contributed by atoms with Crippen LogP contribution in [0.3, 0.4) is 0 Å². The molecule has 5 aromatic rings. The molecule has 2 saturated heterocycles. The van der Waals surface area contributed by atoms with Gasteiger partial charge in [-0.25, -0.2) is 31.9 Å². The lowest BCUT2D eigenvalue weighted by Crippen LogP contribution is -2.50. The van der Waals surface area contributed by atoms with E-state index in [2.05, 4.69) is 21.0 Å². The first-order valence-electron chi connectivity index (χ1n) is 16.2. The number of hydrogen-bond donors (Lipinski definition) is 1. The highest BCUT2D eigenvalue weighted by Gasteiger charge is 2.36. The fourth-order valence-electron chi connectivity index (χ4n) is 5.65. The van der Waals surface area contributed by atoms with Crippen molar-refractivity contribution in [2.24, 2.45) is 0 Å². The van der Waals surface area contributed by atoms with Crippen LogP contribution in [0.2, 0.25) is 0 Å². The quantitative estimate of drug-likeness (QED) is 0.226. The summed E-state index contributed by atoms with van der Waals surface area (Å²) in [6.45, 7) is 13.7. The van der Waals surface area contributed by atoms with Crippen LogP contribution in [-0.4, -0.2) is 86.7 Å². The Morgan fingerprint density at radius 3 is 1.84 bits per heavy atom. The van der Waals surface area contributed by atoms with Gasteiger partial charge in [-0.3, -0.25) is 0 Å². The van der Waals surface area contributed by atoms with Crippen LogP contribution in [0.1, 0.15) is 64.5 Å². The zero-order valence-corrected chi connectivity index (χ0v) is 29.4. The van der Waals surface area contributed by atoms with Gasteiger partial charge in [0.05, 0.1) is 4.90 Å². The lowest BCUT2D eigenvalue weighted by Gasteiger charge is -2.39. The molecular formula is C36H42N6O6S. The minimum atomic E-state index is -3.70. The Hall–Kier alpha value is -4.91. The largest absolute Gasteiger partial charge is 0.444 e. The molecule has 0 bridgehead atoms. The van der Waals surface area contributed by atoms with Crippen LogP contribution in [0.5, 0.6) is 0 Å². The number of aromatic amines is 1. The first-order valence-corrected chi connectivity index (χ1v) is 17.7. The van der Waals surface area contributed by atoms with Crippen molar-refractivity contribution in [3.8, 4) is 0 Å². The molecule has 0 unspecified atom stereocenters. The highest BCUT2D eigenvalue weighted by Crippen LogP contribution is 2.31. The highest BCUT2D eigenvalue weighted by atomic mass is 32.2. The predicted octanol–water partition coefficient (Wildman–Crippen LogP) is 6.50. The summed E-state index contributed by atoms with van der Waals surface area (Å²) in [5.74, 6) is 0.516. The molecule has 12 nitrogen and oxygen atoms in total. The standard InChI is InChI=1S/C21H23N3O4S.C15H19N3O2/c1-21(2,3)28-20(25)23-13-17(14-23)16-11-15-9-10-24(19(15)22-12-16)29(26,27)18-7-5-4-6-8-18;1-15(2,3)20-14(19)18-8-12(9-18)11-6-10-4-5-16-13(10)17-7-11/h4-12,17H,13-14H2,1-3H3;4-7,12H,8-9H2,1-3H3,(H,16,17). The van der Waals surface area contributed by atoms with Gasteiger partial charge in [0.15, 0.2) is 5.65 Å². The van der Waals surface area contributed by atoms with Crippen molar-refractivity contribution < 1.29 is 27.5 Å². The van der Waals surface area contributed by atoms with E-state index in [1.54, 1.807) is 52.4 Å². The maximum absolute atomic E-state index is 12.9. The number of ether oxygens (including phenoxy) is 2. The molecule has 4 aromatic heterocycles. The second-order valence-corrected chi connectivity index (χ2v) is 16.3. The number of nitrogens with zero attached hydrogens (tertiary/aromatic N) is 5. The number of rotatable bonds is 4. The van der Waals surface area contributed by atoms with E-state index < -0.39 is 21.2 Å². The molecule has 2 aliphatic heterocycles. The van der Waals surface area contributed by atoms with Gasteiger partial charge in [-0.05, 0) is 89.1 Å². The number of hydrogen-bond acceptors (Lipinski definition) is 8. The van der Waals surface area contributed by atoms with Gasteiger partial charge in [0, 0.05) is 73.6 Å². The number of amides is 2. The number of carbonyl (C=O) groups is 2. The molecule has 2 fully saturated rings. The van der Waals surface area contributed by atoms with Crippen molar-refractivity contribution in [1.82, 2.24) is 28.7 Å². The number of benzene rings is 1. The summed E-state index contributed by atoms with van der Waals surface area (Å²) in [4.78, 5) is 39.5. The summed E-state index contributed by atoms with van der Waals surface area (Å²) in [6.07, 6.45) is 6.44. The van der Waals surface area contributed by atoms with Crippen LogP contribution in [-0.2, 0) is 19.5 Å². The summed E-state index contributed by atoms with van der Waals surface area (Å²) in [7, 11) is -3.70. The molecule has 0 saturated carbocycles. The average molecular weight is 687 g/mol. The Kier molecular flexibility index (Phi) is 8.91. The molecule has 0 spiro atoms. The van der Waals surface area contributed by atoms with Crippen molar-refractivity contribution in [2.45, 2.75) is 69.5 Å². The number of nitrogens with one attached hydrogen (secondary N) is 1. The fourth-order valence-corrected chi connectivity index (χ4v) is 6.98. The van der Waals surface area contributed by atoms with Gasteiger partial charge in [-0.2, -0.15) is 0 Å². The monoisotopic (exact) mass is 686 g/mol. The topological polar surface area (TPSA) is 140 Å². The summed E-state index contributed by atoms with van der Waals surface area (Å²) in [5, 5.41) is 1.86. The van der Waals surface area contributed by atoms with E-state index in [-0.39, 0.29) is 23.0 Å². The maximum Gasteiger partial charge on any atom is 0.410 e. The van der Waals surface area contributed by atoms with E-state index in [1.165, 1.54) is 15.7 Å². The second-order valence-electron chi connectivity index (χ2n) is 14.5. The SMILES string of the molecule is CC(C)(C)OC(=O)N1CC(c2cnc3[nH]ccc3c2)C1.CC(C)(C)OC(=O)N1CC(c2cnc3c(ccn3S(=O)(=O)c3ccccc3)c2)C1. The molecular weight excluding hydrogens is 644 g/mol. The number of likely N-dealkylation sites (tertiary alicyclic amines) is 2. The van der Waals surface area contributed by atoms with Crippen molar-refractivity contribution in [1.29, 1.82) is 0 Å². The first-order chi connectivity index (χ1) is 23.1. The summed E-state index contributed by atoms with van der Waals surface area (Å²) >= 11 is 0.